The third-order valence-electron chi connectivity index (χ3n) is 4.17. The predicted octanol–water partition coefficient (Wildman–Crippen LogP) is 4.92. The Balaban J connectivity index is 1.61. The van der Waals surface area contributed by atoms with Gasteiger partial charge in [-0.3, -0.25) is 9.36 Å². The fourth-order valence-corrected chi connectivity index (χ4v) is 3.77. The first kappa shape index (κ1) is 23.7. The van der Waals surface area contributed by atoms with Gasteiger partial charge in [0.2, 0.25) is 0 Å². The molecule has 0 aliphatic rings. The van der Waals surface area contributed by atoms with Gasteiger partial charge in [-0.1, -0.05) is 52.0 Å². The van der Waals surface area contributed by atoms with Crippen LogP contribution < -0.4 is 10.2 Å². The van der Waals surface area contributed by atoms with Gasteiger partial charge in [0.25, 0.3) is 5.91 Å². The molecule has 1 aromatic heterocycles. The van der Waals surface area contributed by atoms with E-state index < -0.39 is 0 Å². The molecule has 2 aromatic carbocycles. The molecule has 0 fully saturated rings. The molecule has 0 radical (unpaired) electrons. The zero-order valence-electron chi connectivity index (χ0n) is 17.9. The van der Waals surface area contributed by atoms with Gasteiger partial charge in [0.1, 0.15) is 5.75 Å². The molecule has 0 spiro atoms. The summed E-state index contributed by atoms with van der Waals surface area (Å²) >= 11 is 4.75. The minimum absolute atomic E-state index is 0.162. The van der Waals surface area contributed by atoms with Crippen molar-refractivity contribution in [2.75, 3.05) is 12.4 Å². The molecule has 0 bridgehead atoms. The van der Waals surface area contributed by atoms with E-state index in [-0.39, 0.29) is 11.7 Å². The number of carbonyl (C=O) groups excluding carboxylic acids is 1. The summed E-state index contributed by atoms with van der Waals surface area (Å²) in [5, 5.41) is 13.3. The highest BCUT2D eigenvalue weighted by Crippen LogP contribution is 2.26. The standard InChI is InChI=1S/C23H24BrN5O2S/c1-4-31-20-11-5-17(6-12-20)13-25-26-21(30)15-32-23-28-27-22(29(23)14-16(2)3)18-7-9-19(24)10-8-18/h5-13H,2,4,14-15H2,1,3H3,(H,26,30)/b25-13-. The Bertz CT molecular complexity index is 1090. The van der Waals surface area contributed by atoms with E-state index in [1.165, 1.54) is 11.8 Å². The van der Waals surface area contributed by atoms with Gasteiger partial charge in [-0.15, -0.1) is 10.2 Å². The van der Waals surface area contributed by atoms with Gasteiger partial charge in [-0.25, -0.2) is 5.43 Å². The van der Waals surface area contributed by atoms with Crippen LogP contribution >= 0.6 is 27.7 Å². The molecular weight excluding hydrogens is 490 g/mol. The number of hydrogen-bond donors (Lipinski definition) is 1. The third-order valence-corrected chi connectivity index (χ3v) is 5.67. The highest BCUT2D eigenvalue weighted by Gasteiger charge is 2.15. The summed E-state index contributed by atoms with van der Waals surface area (Å²) in [6.45, 7) is 9.07. The number of amides is 1. The van der Waals surface area contributed by atoms with Crippen molar-refractivity contribution in [2.45, 2.75) is 25.5 Å². The van der Waals surface area contributed by atoms with Gasteiger partial charge < -0.3 is 4.74 Å². The van der Waals surface area contributed by atoms with Gasteiger partial charge in [0, 0.05) is 16.6 Å². The quantitative estimate of drug-likeness (QED) is 0.180. The van der Waals surface area contributed by atoms with Crippen molar-refractivity contribution in [3.8, 4) is 17.1 Å². The van der Waals surface area contributed by atoms with Gasteiger partial charge in [0.15, 0.2) is 11.0 Å². The molecule has 166 valence electrons. The number of nitrogens with one attached hydrogen (secondary N) is 1. The van der Waals surface area contributed by atoms with Crippen molar-refractivity contribution < 1.29 is 9.53 Å². The molecule has 32 heavy (non-hydrogen) atoms. The second-order valence-corrected chi connectivity index (χ2v) is 8.80. The monoisotopic (exact) mass is 513 g/mol. The van der Waals surface area contributed by atoms with Crippen LogP contribution in [0.25, 0.3) is 11.4 Å². The maximum Gasteiger partial charge on any atom is 0.250 e. The fourth-order valence-electron chi connectivity index (χ4n) is 2.78. The van der Waals surface area contributed by atoms with Gasteiger partial charge in [-0.05, 0) is 55.8 Å². The summed E-state index contributed by atoms with van der Waals surface area (Å²) in [7, 11) is 0. The van der Waals surface area contributed by atoms with Crippen LogP contribution in [0, 0.1) is 0 Å². The second kappa shape index (κ2) is 11.6. The molecule has 1 N–H and O–H groups in total. The van der Waals surface area contributed by atoms with E-state index in [9.17, 15) is 4.79 Å². The van der Waals surface area contributed by atoms with E-state index in [4.69, 9.17) is 4.74 Å². The summed E-state index contributed by atoms with van der Waals surface area (Å²) in [5.74, 6) is 1.46. The van der Waals surface area contributed by atoms with Crippen LogP contribution in [0.3, 0.4) is 0 Å². The average Bonchev–Trinajstić information content (AvgIpc) is 3.16. The number of ether oxygens (including phenoxy) is 1. The Hall–Kier alpha value is -2.91. The maximum atomic E-state index is 12.2. The Morgan fingerprint density at radius 2 is 1.94 bits per heavy atom. The summed E-state index contributed by atoms with van der Waals surface area (Å²) in [6, 6.07) is 15.3. The molecule has 1 heterocycles. The van der Waals surface area contributed by atoms with Crippen LogP contribution in [0.5, 0.6) is 5.75 Å². The summed E-state index contributed by atoms with van der Waals surface area (Å²) in [4.78, 5) is 12.2. The largest absolute Gasteiger partial charge is 0.494 e. The first-order valence-corrected chi connectivity index (χ1v) is 11.7. The Morgan fingerprint density at radius 3 is 2.59 bits per heavy atom. The summed E-state index contributed by atoms with van der Waals surface area (Å²) in [6.07, 6.45) is 1.59. The van der Waals surface area contributed by atoms with Crippen molar-refractivity contribution in [1.82, 2.24) is 20.2 Å². The van der Waals surface area contributed by atoms with E-state index in [2.05, 4.69) is 43.2 Å². The van der Waals surface area contributed by atoms with E-state index in [1.807, 2.05) is 66.9 Å². The first-order chi connectivity index (χ1) is 15.5. The zero-order chi connectivity index (χ0) is 22.9. The molecule has 0 aliphatic carbocycles. The van der Waals surface area contributed by atoms with Crippen molar-refractivity contribution in [3.05, 3.63) is 70.7 Å². The number of benzene rings is 2. The topological polar surface area (TPSA) is 81.4 Å². The minimum atomic E-state index is -0.229. The molecule has 7 nitrogen and oxygen atoms in total. The molecular formula is C23H24BrN5O2S. The lowest BCUT2D eigenvalue weighted by Crippen LogP contribution is -2.20. The number of thioether (sulfide) groups is 1. The van der Waals surface area contributed by atoms with Crippen LogP contribution in [0.1, 0.15) is 19.4 Å². The second-order valence-electron chi connectivity index (χ2n) is 6.94. The van der Waals surface area contributed by atoms with E-state index >= 15 is 0 Å². The molecule has 0 saturated carbocycles. The Labute approximate surface area is 200 Å². The number of hydrazone groups is 1. The predicted molar refractivity (Wildman–Crippen MR) is 132 cm³/mol. The molecule has 3 rings (SSSR count). The van der Waals surface area contributed by atoms with Crippen LogP contribution in [0.15, 0.2) is 75.4 Å². The molecule has 1 amide bonds. The van der Waals surface area contributed by atoms with Crippen LogP contribution in [-0.2, 0) is 11.3 Å². The number of carbonyl (C=O) groups is 1. The number of halogens is 1. The average molecular weight is 514 g/mol. The van der Waals surface area contributed by atoms with Crippen LogP contribution in [-0.4, -0.2) is 39.2 Å². The number of hydrogen-bond acceptors (Lipinski definition) is 6. The molecule has 0 unspecified atom stereocenters. The fraction of sp³-hybridized carbons (Fsp3) is 0.217. The number of rotatable bonds is 10. The number of nitrogens with zero attached hydrogens (tertiary/aromatic N) is 4. The SMILES string of the molecule is C=C(C)Cn1c(SCC(=O)N/N=C\c2ccc(OCC)cc2)nnc1-c1ccc(Br)cc1. The van der Waals surface area contributed by atoms with E-state index in [0.717, 1.165) is 32.7 Å². The van der Waals surface area contributed by atoms with Crippen LogP contribution in [0.4, 0.5) is 0 Å². The van der Waals surface area contributed by atoms with Crippen molar-refractivity contribution in [1.29, 1.82) is 0 Å². The van der Waals surface area contributed by atoms with E-state index in [1.54, 1.807) is 6.21 Å². The molecule has 0 atom stereocenters. The molecule has 9 heteroatoms. The molecule has 0 saturated heterocycles. The van der Waals surface area contributed by atoms with E-state index in [0.29, 0.717) is 18.3 Å². The lowest BCUT2D eigenvalue weighted by atomic mass is 10.2. The lowest BCUT2D eigenvalue weighted by Gasteiger charge is -2.10. The lowest BCUT2D eigenvalue weighted by molar-refractivity contribution is -0.118. The van der Waals surface area contributed by atoms with Crippen molar-refractivity contribution in [3.63, 3.8) is 0 Å². The third kappa shape index (κ3) is 6.80. The van der Waals surface area contributed by atoms with Crippen molar-refractivity contribution in [2.24, 2.45) is 5.10 Å². The smallest absolute Gasteiger partial charge is 0.250 e. The van der Waals surface area contributed by atoms with Crippen LogP contribution in [0.2, 0.25) is 0 Å². The summed E-state index contributed by atoms with van der Waals surface area (Å²) in [5.41, 5.74) is 5.32. The van der Waals surface area contributed by atoms with Crippen molar-refractivity contribution >= 4 is 39.8 Å². The highest BCUT2D eigenvalue weighted by atomic mass is 79.9. The molecule has 0 aliphatic heterocycles. The number of aromatic nitrogens is 3. The number of allylic oxidation sites excluding steroid dienone is 1. The van der Waals surface area contributed by atoms with Gasteiger partial charge in [-0.2, -0.15) is 5.10 Å². The normalized spacial score (nSPS) is 11.0. The first-order valence-electron chi connectivity index (χ1n) is 9.97. The Kier molecular flexibility index (Phi) is 8.64. The summed E-state index contributed by atoms with van der Waals surface area (Å²) < 4.78 is 8.36. The maximum absolute atomic E-state index is 12.2. The highest BCUT2D eigenvalue weighted by molar-refractivity contribution is 9.10. The minimum Gasteiger partial charge on any atom is -0.494 e. The zero-order valence-corrected chi connectivity index (χ0v) is 20.3. The Morgan fingerprint density at radius 1 is 1.22 bits per heavy atom. The van der Waals surface area contributed by atoms with Gasteiger partial charge >= 0.3 is 0 Å². The van der Waals surface area contributed by atoms with Gasteiger partial charge in [0.05, 0.1) is 18.6 Å². The molecule has 3 aromatic rings.